The lowest BCUT2D eigenvalue weighted by molar-refractivity contribution is 0.579. The Hall–Kier alpha value is -0.870. The van der Waals surface area contributed by atoms with Crippen LogP contribution in [0.5, 0.6) is 0 Å². The van der Waals surface area contributed by atoms with E-state index < -0.39 is 0 Å². The second-order valence-corrected chi connectivity index (χ2v) is 6.13. The maximum Gasteiger partial charge on any atom is 0.0246 e. The molecule has 0 saturated heterocycles. The first kappa shape index (κ1) is 17.2. The van der Waals surface area contributed by atoms with Gasteiger partial charge in [-0.15, -0.1) is 11.8 Å². The molecular weight excluding hydrogens is 260 g/mol. The minimum atomic E-state index is 1.04. The Morgan fingerprint density at radius 1 is 0.850 bits per heavy atom. The van der Waals surface area contributed by atoms with Crippen molar-refractivity contribution < 1.29 is 0 Å². The Labute approximate surface area is 129 Å². The quantitative estimate of drug-likeness (QED) is 0.292. The molecule has 1 aromatic rings. The molecule has 0 atom stereocenters. The topological polar surface area (TPSA) is 0 Å². The Morgan fingerprint density at radius 3 is 2.05 bits per heavy atom. The summed E-state index contributed by atoms with van der Waals surface area (Å²) in [7, 11) is 0. The summed E-state index contributed by atoms with van der Waals surface area (Å²) in [5.74, 6) is 6.55. The molecule has 0 aliphatic heterocycles. The molecule has 0 aromatic heterocycles. The predicted molar refractivity (Wildman–Crippen MR) is 92.3 cm³/mol. The third kappa shape index (κ3) is 8.33. The van der Waals surface area contributed by atoms with Gasteiger partial charge in [0.05, 0.1) is 0 Å². The number of rotatable bonds is 9. The van der Waals surface area contributed by atoms with Gasteiger partial charge in [-0.2, -0.15) is 0 Å². The molecule has 1 heteroatoms. The van der Waals surface area contributed by atoms with Gasteiger partial charge >= 0.3 is 0 Å². The van der Waals surface area contributed by atoms with E-state index in [0.29, 0.717) is 0 Å². The lowest BCUT2D eigenvalue weighted by Gasteiger charge is -1.99. The average Bonchev–Trinajstić information content (AvgIpc) is 2.50. The van der Waals surface area contributed by atoms with E-state index in [-0.39, 0.29) is 0 Å². The first-order valence-corrected chi connectivity index (χ1v) is 9.22. The molecule has 0 nitrogen and oxygen atoms in total. The molecule has 110 valence electrons. The summed E-state index contributed by atoms with van der Waals surface area (Å²) in [6.45, 7) is 2.27. The van der Waals surface area contributed by atoms with Gasteiger partial charge in [-0.3, -0.25) is 0 Å². The van der Waals surface area contributed by atoms with Crippen molar-refractivity contribution in [3.05, 3.63) is 29.8 Å². The SMILES string of the molecule is CCCCCCCCCCC#Cc1ccc(SC)cc1. The lowest BCUT2D eigenvalue weighted by atomic mass is 10.1. The van der Waals surface area contributed by atoms with Crippen LogP contribution in [0.15, 0.2) is 29.2 Å². The van der Waals surface area contributed by atoms with E-state index in [0.717, 1.165) is 12.0 Å². The molecule has 20 heavy (non-hydrogen) atoms. The highest BCUT2D eigenvalue weighted by molar-refractivity contribution is 7.98. The summed E-state index contributed by atoms with van der Waals surface area (Å²) in [6, 6.07) is 8.52. The number of unbranched alkanes of at least 4 members (excludes halogenated alkanes) is 8. The summed E-state index contributed by atoms with van der Waals surface area (Å²) in [5, 5.41) is 0. The second kappa shape index (κ2) is 11.9. The smallest absolute Gasteiger partial charge is 0.0246 e. The highest BCUT2D eigenvalue weighted by Gasteiger charge is 1.91. The highest BCUT2D eigenvalue weighted by atomic mass is 32.2. The molecule has 0 radical (unpaired) electrons. The van der Waals surface area contributed by atoms with Crippen molar-refractivity contribution in [2.45, 2.75) is 69.6 Å². The third-order valence-corrected chi connectivity index (χ3v) is 4.22. The molecule has 0 aliphatic rings. The second-order valence-electron chi connectivity index (χ2n) is 5.26. The molecule has 0 fully saturated rings. The van der Waals surface area contributed by atoms with Crippen LogP contribution < -0.4 is 0 Å². The van der Waals surface area contributed by atoms with E-state index in [1.54, 1.807) is 11.8 Å². The first-order valence-electron chi connectivity index (χ1n) is 7.99. The molecule has 0 saturated carbocycles. The molecule has 0 amide bonds. The molecule has 0 heterocycles. The van der Waals surface area contributed by atoms with Crippen molar-refractivity contribution in [2.24, 2.45) is 0 Å². The van der Waals surface area contributed by atoms with Crippen LogP contribution in [0.3, 0.4) is 0 Å². The monoisotopic (exact) mass is 288 g/mol. The number of benzene rings is 1. The maximum atomic E-state index is 3.29. The summed E-state index contributed by atoms with van der Waals surface area (Å²) < 4.78 is 0. The zero-order chi connectivity index (χ0) is 14.5. The maximum absolute atomic E-state index is 3.29. The standard InChI is InChI=1S/C19H28S/c1-3-4-5-6-7-8-9-10-11-12-13-18-14-16-19(20-2)17-15-18/h14-17H,3-11H2,1-2H3. The molecule has 0 aliphatic carbocycles. The van der Waals surface area contributed by atoms with Crippen LogP contribution in [0.4, 0.5) is 0 Å². The summed E-state index contributed by atoms with van der Waals surface area (Å²) in [6.07, 6.45) is 14.1. The summed E-state index contributed by atoms with van der Waals surface area (Å²) in [4.78, 5) is 1.30. The molecule has 0 bridgehead atoms. The van der Waals surface area contributed by atoms with Crippen molar-refractivity contribution in [3.8, 4) is 11.8 Å². The van der Waals surface area contributed by atoms with Gasteiger partial charge in [0.15, 0.2) is 0 Å². The Balaban J connectivity index is 2.04. The highest BCUT2D eigenvalue weighted by Crippen LogP contribution is 2.14. The van der Waals surface area contributed by atoms with Gasteiger partial charge < -0.3 is 0 Å². The van der Waals surface area contributed by atoms with Crippen molar-refractivity contribution in [2.75, 3.05) is 6.26 Å². The van der Waals surface area contributed by atoms with Gasteiger partial charge in [0.25, 0.3) is 0 Å². The van der Waals surface area contributed by atoms with Crippen molar-refractivity contribution in [1.82, 2.24) is 0 Å². The van der Waals surface area contributed by atoms with Gasteiger partial charge in [0, 0.05) is 16.9 Å². The van der Waals surface area contributed by atoms with Crippen LogP contribution in [0.25, 0.3) is 0 Å². The van der Waals surface area contributed by atoms with Crippen LogP contribution in [0.2, 0.25) is 0 Å². The Kier molecular flexibility index (Phi) is 10.2. The molecule has 1 aromatic carbocycles. The third-order valence-electron chi connectivity index (χ3n) is 3.48. The van der Waals surface area contributed by atoms with E-state index in [4.69, 9.17) is 0 Å². The van der Waals surface area contributed by atoms with Gasteiger partial charge in [-0.1, -0.05) is 63.7 Å². The number of hydrogen-bond donors (Lipinski definition) is 0. The van der Waals surface area contributed by atoms with Crippen molar-refractivity contribution >= 4 is 11.8 Å². The fourth-order valence-electron chi connectivity index (χ4n) is 2.19. The molecule has 0 N–H and O–H groups in total. The van der Waals surface area contributed by atoms with E-state index in [2.05, 4.69) is 49.3 Å². The Bertz CT molecular complexity index is 394. The van der Waals surface area contributed by atoms with Crippen molar-refractivity contribution in [1.29, 1.82) is 0 Å². The normalized spacial score (nSPS) is 10.1. The van der Waals surface area contributed by atoms with Gasteiger partial charge in [0.1, 0.15) is 0 Å². The predicted octanol–water partition coefficient (Wildman–Crippen LogP) is 6.29. The molecule has 1 rings (SSSR count). The van der Waals surface area contributed by atoms with Crippen LogP contribution in [-0.2, 0) is 0 Å². The zero-order valence-corrected chi connectivity index (χ0v) is 13.9. The number of hydrogen-bond acceptors (Lipinski definition) is 1. The fourth-order valence-corrected chi connectivity index (χ4v) is 2.59. The zero-order valence-electron chi connectivity index (χ0n) is 13.1. The lowest BCUT2D eigenvalue weighted by Crippen LogP contribution is -1.80. The van der Waals surface area contributed by atoms with Gasteiger partial charge in [-0.05, 0) is 36.9 Å². The Morgan fingerprint density at radius 2 is 1.45 bits per heavy atom. The van der Waals surface area contributed by atoms with Crippen LogP contribution >= 0.6 is 11.8 Å². The largest absolute Gasteiger partial charge is 0.130 e. The van der Waals surface area contributed by atoms with Crippen molar-refractivity contribution in [3.63, 3.8) is 0 Å². The summed E-state index contributed by atoms with van der Waals surface area (Å²) >= 11 is 1.77. The minimum Gasteiger partial charge on any atom is -0.130 e. The van der Waals surface area contributed by atoms with E-state index in [1.165, 1.54) is 56.3 Å². The van der Waals surface area contributed by atoms with E-state index in [9.17, 15) is 0 Å². The molecule has 0 unspecified atom stereocenters. The minimum absolute atomic E-state index is 1.04. The van der Waals surface area contributed by atoms with Crippen LogP contribution in [0.1, 0.15) is 70.3 Å². The van der Waals surface area contributed by atoms with Crippen LogP contribution in [0, 0.1) is 11.8 Å². The summed E-state index contributed by atoms with van der Waals surface area (Å²) in [5.41, 5.74) is 1.14. The van der Waals surface area contributed by atoms with Gasteiger partial charge in [-0.25, -0.2) is 0 Å². The molecule has 0 spiro atoms. The first-order chi connectivity index (χ1) is 9.86. The average molecular weight is 288 g/mol. The van der Waals surface area contributed by atoms with E-state index in [1.807, 2.05) is 0 Å². The van der Waals surface area contributed by atoms with Gasteiger partial charge in [0.2, 0.25) is 0 Å². The number of thioether (sulfide) groups is 1. The fraction of sp³-hybridized carbons (Fsp3) is 0.579. The molecular formula is C19H28S. The van der Waals surface area contributed by atoms with Crippen LogP contribution in [-0.4, -0.2) is 6.26 Å². The van der Waals surface area contributed by atoms with E-state index >= 15 is 0 Å².